The zero-order valence-electron chi connectivity index (χ0n) is 21.7. The van der Waals surface area contributed by atoms with Crippen LogP contribution in [0.25, 0.3) is 0 Å². The fourth-order valence-electron chi connectivity index (χ4n) is 4.53. The highest BCUT2D eigenvalue weighted by molar-refractivity contribution is 8.16. The van der Waals surface area contributed by atoms with E-state index < -0.39 is 12.0 Å². The lowest BCUT2D eigenvalue weighted by molar-refractivity contribution is -0.139. The number of ether oxygens (including phenoxy) is 3. The Morgan fingerprint density at radius 2 is 1.92 bits per heavy atom. The Labute approximate surface area is 226 Å². The van der Waals surface area contributed by atoms with Crippen LogP contribution in [-0.2, 0) is 20.9 Å². The monoisotopic (exact) mass is 533 g/mol. The number of nitrogens with one attached hydrogen (secondary N) is 1. The zero-order chi connectivity index (χ0) is 26.6. The fourth-order valence-corrected chi connectivity index (χ4v) is 5.50. The van der Waals surface area contributed by atoms with E-state index in [1.165, 1.54) is 11.8 Å². The minimum atomic E-state index is -0.534. The molecule has 9 heteroatoms. The van der Waals surface area contributed by atoms with Crippen LogP contribution in [0, 0.1) is 0 Å². The standard InChI is InChI=1S/C29H31N3O5S/c1-4-36-28(34)26-18(2)30-29-32(22(17-38-29)15-25(33)31-21-11-12-21)27(26)20-10-13-23(24(14-20)35-3)37-16-19-8-6-5-7-9-19/h5-10,13-14,17,21,27H,4,11-12,15-16H2,1-3H3,(H,31,33). The highest BCUT2D eigenvalue weighted by atomic mass is 32.2. The van der Waals surface area contributed by atoms with Crippen molar-refractivity contribution < 1.29 is 23.8 Å². The van der Waals surface area contributed by atoms with Gasteiger partial charge in [0.15, 0.2) is 16.7 Å². The largest absolute Gasteiger partial charge is 0.493 e. The molecule has 0 aromatic heterocycles. The van der Waals surface area contributed by atoms with Gasteiger partial charge in [0.25, 0.3) is 0 Å². The highest BCUT2D eigenvalue weighted by Crippen LogP contribution is 2.46. The first-order valence-corrected chi connectivity index (χ1v) is 13.6. The van der Waals surface area contributed by atoms with E-state index in [0.717, 1.165) is 34.8 Å². The van der Waals surface area contributed by atoms with Crippen LogP contribution in [-0.4, -0.2) is 41.7 Å². The molecule has 2 aromatic rings. The number of amides is 1. The number of esters is 1. The molecule has 0 saturated heterocycles. The lowest BCUT2D eigenvalue weighted by atomic mass is 9.93. The topological polar surface area (TPSA) is 89.5 Å². The number of aliphatic imine (C=N–C) groups is 1. The molecule has 1 N–H and O–H groups in total. The van der Waals surface area contributed by atoms with Crippen molar-refractivity contribution in [3.05, 3.63) is 82.0 Å². The summed E-state index contributed by atoms with van der Waals surface area (Å²) in [5.74, 6) is 0.677. The summed E-state index contributed by atoms with van der Waals surface area (Å²) < 4.78 is 17.2. The molecule has 2 aliphatic heterocycles. The van der Waals surface area contributed by atoms with Crippen LogP contribution in [0.4, 0.5) is 0 Å². The number of carbonyl (C=O) groups excluding carboxylic acids is 2. The van der Waals surface area contributed by atoms with Gasteiger partial charge in [-0.3, -0.25) is 4.79 Å². The third-order valence-corrected chi connectivity index (χ3v) is 7.41. The number of amidine groups is 1. The van der Waals surface area contributed by atoms with Crippen molar-refractivity contribution in [3.8, 4) is 11.5 Å². The number of rotatable bonds is 10. The number of benzene rings is 2. The molecule has 198 valence electrons. The molecule has 3 aliphatic rings. The summed E-state index contributed by atoms with van der Waals surface area (Å²) in [7, 11) is 1.59. The summed E-state index contributed by atoms with van der Waals surface area (Å²) in [6, 6.07) is 15.3. The smallest absolute Gasteiger partial charge is 0.338 e. The number of carbonyl (C=O) groups is 2. The van der Waals surface area contributed by atoms with Crippen molar-refractivity contribution in [2.75, 3.05) is 13.7 Å². The lowest BCUT2D eigenvalue weighted by Gasteiger charge is -2.36. The second kappa shape index (κ2) is 11.3. The summed E-state index contributed by atoms with van der Waals surface area (Å²) in [6.45, 7) is 4.24. The molecule has 1 atom stereocenters. The van der Waals surface area contributed by atoms with Crippen LogP contribution in [0.2, 0.25) is 0 Å². The van der Waals surface area contributed by atoms with Gasteiger partial charge >= 0.3 is 5.97 Å². The van der Waals surface area contributed by atoms with E-state index in [2.05, 4.69) is 5.32 Å². The van der Waals surface area contributed by atoms with Gasteiger partial charge in [-0.2, -0.15) is 0 Å². The van der Waals surface area contributed by atoms with Crippen LogP contribution in [0.15, 0.2) is 75.9 Å². The fraction of sp³-hybridized carbons (Fsp3) is 0.345. The molecule has 0 bridgehead atoms. The average molecular weight is 534 g/mol. The van der Waals surface area contributed by atoms with E-state index in [9.17, 15) is 9.59 Å². The van der Waals surface area contributed by atoms with Gasteiger partial charge in [0.05, 0.1) is 37.4 Å². The summed E-state index contributed by atoms with van der Waals surface area (Å²) in [4.78, 5) is 32.6. The van der Waals surface area contributed by atoms with Gasteiger partial charge in [-0.05, 0) is 55.4 Å². The molecular weight excluding hydrogens is 502 g/mol. The van der Waals surface area contributed by atoms with Crippen molar-refractivity contribution in [3.63, 3.8) is 0 Å². The van der Waals surface area contributed by atoms with Gasteiger partial charge < -0.3 is 24.4 Å². The maximum absolute atomic E-state index is 13.2. The first kappa shape index (κ1) is 25.9. The van der Waals surface area contributed by atoms with Crippen LogP contribution in [0.1, 0.15) is 50.3 Å². The molecule has 2 aromatic carbocycles. The second-order valence-electron chi connectivity index (χ2n) is 9.32. The normalized spacial score (nSPS) is 18.4. The summed E-state index contributed by atoms with van der Waals surface area (Å²) in [6.07, 6.45) is 2.24. The molecule has 1 unspecified atom stereocenters. The Bertz CT molecular complexity index is 1320. The third kappa shape index (κ3) is 5.57. The maximum Gasteiger partial charge on any atom is 0.338 e. The summed E-state index contributed by atoms with van der Waals surface area (Å²) >= 11 is 1.45. The molecule has 8 nitrogen and oxygen atoms in total. The molecule has 1 aliphatic carbocycles. The Morgan fingerprint density at radius 3 is 2.63 bits per heavy atom. The Balaban J connectivity index is 1.48. The predicted octanol–water partition coefficient (Wildman–Crippen LogP) is 5.08. The molecule has 38 heavy (non-hydrogen) atoms. The lowest BCUT2D eigenvalue weighted by Crippen LogP contribution is -2.38. The molecular formula is C29H31N3O5S. The minimum absolute atomic E-state index is 0.0365. The zero-order valence-corrected chi connectivity index (χ0v) is 22.5. The molecule has 0 radical (unpaired) electrons. The van der Waals surface area contributed by atoms with Gasteiger partial charge in [0.2, 0.25) is 5.91 Å². The van der Waals surface area contributed by atoms with E-state index in [1.807, 2.05) is 65.8 Å². The number of hydrogen-bond acceptors (Lipinski definition) is 8. The van der Waals surface area contributed by atoms with Gasteiger partial charge in [-0.25, -0.2) is 9.79 Å². The van der Waals surface area contributed by atoms with Crippen LogP contribution in [0.5, 0.6) is 11.5 Å². The van der Waals surface area contributed by atoms with E-state index in [-0.39, 0.29) is 25.0 Å². The molecule has 1 fully saturated rings. The highest BCUT2D eigenvalue weighted by Gasteiger charge is 2.41. The Morgan fingerprint density at radius 1 is 1.13 bits per heavy atom. The Kier molecular flexibility index (Phi) is 7.74. The number of allylic oxidation sites excluding steroid dienone is 1. The molecule has 1 amide bonds. The first-order valence-electron chi connectivity index (χ1n) is 12.7. The first-order chi connectivity index (χ1) is 18.5. The number of nitrogens with zero attached hydrogens (tertiary/aromatic N) is 2. The second-order valence-corrected chi connectivity index (χ2v) is 10.2. The van der Waals surface area contributed by atoms with Crippen molar-refractivity contribution in [2.45, 2.75) is 51.8 Å². The van der Waals surface area contributed by atoms with Gasteiger partial charge in [0, 0.05) is 11.7 Å². The number of hydrogen-bond donors (Lipinski definition) is 1. The van der Waals surface area contributed by atoms with E-state index in [1.54, 1.807) is 14.0 Å². The quantitative estimate of drug-likeness (QED) is 0.426. The average Bonchev–Trinajstić information content (AvgIpc) is 3.65. The van der Waals surface area contributed by atoms with E-state index in [4.69, 9.17) is 19.2 Å². The third-order valence-electron chi connectivity index (χ3n) is 6.52. The van der Waals surface area contributed by atoms with Gasteiger partial charge in [-0.15, -0.1) is 0 Å². The minimum Gasteiger partial charge on any atom is -0.493 e. The predicted molar refractivity (Wildman–Crippen MR) is 147 cm³/mol. The van der Waals surface area contributed by atoms with Crippen LogP contribution in [0.3, 0.4) is 0 Å². The van der Waals surface area contributed by atoms with Gasteiger partial charge in [-0.1, -0.05) is 48.2 Å². The number of fused-ring (bicyclic) bond motifs is 1. The molecule has 0 spiro atoms. The van der Waals surface area contributed by atoms with Crippen molar-refractivity contribution in [1.82, 2.24) is 10.2 Å². The van der Waals surface area contributed by atoms with Crippen molar-refractivity contribution >= 4 is 28.8 Å². The van der Waals surface area contributed by atoms with Crippen LogP contribution < -0.4 is 14.8 Å². The Hall–Kier alpha value is -3.72. The molecule has 1 saturated carbocycles. The van der Waals surface area contributed by atoms with Crippen molar-refractivity contribution in [1.29, 1.82) is 0 Å². The van der Waals surface area contributed by atoms with E-state index in [0.29, 0.717) is 29.4 Å². The maximum atomic E-state index is 13.2. The van der Waals surface area contributed by atoms with Crippen LogP contribution >= 0.6 is 11.8 Å². The van der Waals surface area contributed by atoms with Gasteiger partial charge in [0.1, 0.15) is 6.61 Å². The summed E-state index contributed by atoms with van der Waals surface area (Å²) in [5, 5.41) is 5.71. The SMILES string of the molecule is CCOC(=O)C1=C(C)N=C2SC=C(CC(=O)NC3CC3)N2C1c1ccc(OCc2ccccc2)c(OC)c1. The molecule has 5 rings (SSSR count). The summed E-state index contributed by atoms with van der Waals surface area (Å²) in [5.41, 5.74) is 3.66. The molecule has 2 heterocycles. The van der Waals surface area contributed by atoms with E-state index >= 15 is 0 Å². The van der Waals surface area contributed by atoms with Crippen molar-refractivity contribution in [2.24, 2.45) is 4.99 Å². The number of thioether (sulfide) groups is 1. The number of methoxy groups -OCH3 is 1.